The smallest absolute Gasteiger partial charge is 0.259 e. The Labute approximate surface area is 193 Å². The van der Waals surface area contributed by atoms with Crippen molar-refractivity contribution in [3.05, 3.63) is 95.6 Å². The van der Waals surface area contributed by atoms with Gasteiger partial charge in [0.1, 0.15) is 5.75 Å². The van der Waals surface area contributed by atoms with E-state index >= 15 is 0 Å². The van der Waals surface area contributed by atoms with Gasteiger partial charge in [-0.25, -0.2) is 0 Å². The van der Waals surface area contributed by atoms with Gasteiger partial charge in [-0.05, 0) is 54.8 Å². The fourth-order valence-corrected chi connectivity index (χ4v) is 3.72. The third-order valence-electron chi connectivity index (χ3n) is 5.54. The lowest BCUT2D eigenvalue weighted by molar-refractivity contribution is 0.0857. The van der Waals surface area contributed by atoms with Crippen molar-refractivity contribution in [3.8, 4) is 5.75 Å². The molecule has 0 radical (unpaired) electrons. The van der Waals surface area contributed by atoms with Crippen LogP contribution in [0.5, 0.6) is 5.75 Å². The van der Waals surface area contributed by atoms with Crippen molar-refractivity contribution in [1.29, 1.82) is 0 Å². The maximum atomic E-state index is 12.9. The minimum absolute atomic E-state index is 0.0995. The number of rotatable bonds is 9. The summed E-state index contributed by atoms with van der Waals surface area (Å²) in [5.41, 5.74) is 2.79. The quantitative estimate of drug-likeness (QED) is 0.511. The van der Waals surface area contributed by atoms with Crippen LogP contribution >= 0.6 is 0 Å². The Bertz CT molecular complexity index is 1060. The van der Waals surface area contributed by atoms with Crippen molar-refractivity contribution >= 4 is 17.5 Å². The molecule has 1 heterocycles. The van der Waals surface area contributed by atoms with Crippen LogP contribution in [0.3, 0.4) is 0 Å². The van der Waals surface area contributed by atoms with E-state index in [9.17, 15) is 9.59 Å². The standard InChI is InChI=1S/C27H28N2O4/c30-26(28-19-23-9-6-17-32-23)21-12-14-22(15-13-21)29-27(31)24-10-4-5-11-25(24)33-18-16-20-7-2-1-3-8-20/h1-5,7-8,10-15,23H,6,9,16-19H2,(H,28,30)(H,29,31). The number of nitrogens with one attached hydrogen (secondary N) is 2. The van der Waals surface area contributed by atoms with Crippen LogP contribution in [0.25, 0.3) is 0 Å². The van der Waals surface area contributed by atoms with Crippen molar-refractivity contribution in [2.75, 3.05) is 25.1 Å². The van der Waals surface area contributed by atoms with Gasteiger partial charge in [0.25, 0.3) is 11.8 Å². The Hall–Kier alpha value is -3.64. The van der Waals surface area contributed by atoms with Gasteiger partial charge < -0.3 is 20.1 Å². The van der Waals surface area contributed by atoms with E-state index in [1.165, 1.54) is 5.56 Å². The molecule has 1 aliphatic heterocycles. The van der Waals surface area contributed by atoms with Crippen molar-refractivity contribution < 1.29 is 19.1 Å². The maximum absolute atomic E-state index is 12.9. The molecule has 2 N–H and O–H groups in total. The predicted molar refractivity (Wildman–Crippen MR) is 128 cm³/mol. The Morgan fingerprint density at radius 3 is 2.42 bits per heavy atom. The second-order valence-corrected chi connectivity index (χ2v) is 7.96. The fourth-order valence-electron chi connectivity index (χ4n) is 3.72. The van der Waals surface area contributed by atoms with E-state index in [2.05, 4.69) is 22.8 Å². The first-order valence-electron chi connectivity index (χ1n) is 11.3. The summed E-state index contributed by atoms with van der Waals surface area (Å²) in [6.45, 7) is 1.75. The van der Waals surface area contributed by atoms with Gasteiger partial charge in [-0.2, -0.15) is 0 Å². The number of amides is 2. The summed E-state index contributed by atoms with van der Waals surface area (Å²) < 4.78 is 11.4. The average molecular weight is 445 g/mol. The zero-order chi connectivity index (χ0) is 22.9. The Balaban J connectivity index is 1.31. The highest BCUT2D eigenvalue weighted by Gasteiger charge is 2.17. The molecule has 1 atom stereocenters. The molecule has 3 aromatic rings. The van der Waals surface area contributed by atoms with Crippen LogP contribution in [0, 0.1) is 0 Å². The summed E-state index contributed by atoms with van der Waals surface area (Å²) >= 11 is 0. The first kappa shape index (κ1) is 22.6. The monoisotopic (exact) mass is 444 g/mol. The van der Waals surface area contributed by atoms with E-state index in [1.54, 1.807) is 42.5 Å². The van der Waals surface area contributed by atoms with Crippen molar-refractivity contribution in [2.24, 2.45) is 0 Å². The summed E-state index contributed by atoms with van der Waals surface area (Å²) in [5.74, 6) is 0.123. The van der Waals surface area contributed by atoms with Gasteiger partial charge in [0.05, 0.1) is 18.3 Å². The first-order valence-corrected chi connectivity index (χ1v) is 11.3. The minimum Gasteiger partial charge on any atom is -0.492 e. The SMILES string of the molecule is O=C(NCC1CCCO1)c1ccc(NC(=O)c2ccccc2OCCc2ccccc2)cc1. The van der Waals surface area contributed by atoms with Crippen LogP contribution in [0.15, 0.2) is 78.9 Å². The highest BCUT2D eigenvalue weighted by atomic mass is 16.5. The summed E-state index contributed by atoms with van der Waals surface area (Å²) in [6, 6.07) is 24.1. The number of carbonyl (C=O) groups excluding carboxylic acids is 2. The molecule has 1 fully saturated rings. The van der Waals surface area contributed by atoms with Crippen LogP contribution in [-0.2, 0) is 11.2 Å². The molecule has 0 spiro atoms. The molecule has 1 saturated heterocycles. The highest BCUT2D eigenvalue weighted by Crippen LogP contribution is 2.20. The maximum Gasteiger partial charge on any atom is 0.259 e. The van der Waals surface area contributed by atoms with E-state index in [0.717, 1.165) is 25.9 Å². The molecule has 0 aromatic heterocycles. The molecule has 0 saturated carbocycles. The second-order valence-electron chi connectivity index (χ2n) is 7.96. The number of para-hydroxylation sites is 1. The number of hydrogen-bond donors (Lipinski definition) is 2. The van der Waals surface area contributed by atoms with Gasteiger partial charge in [0.2, 0.25) is 0 Å². The van der Waals surface area contributed by atoms with Gasteiger partial charge in [0.15, 0.2) is 0 Å². The van der Waals surface area contributed by atoms with E-state index in [4.69, 9.17) is 9.47 Å². The summed E-state index contributed by atoms with van der Waals surface area (Å²) in [6.07, 6.45) is 2.87. The van der Waals surface area contributed by atoms with E-state index < -0.39 is 0 Å². The number of anilines is 1. The molecule has 0 aliphatic carbocycles. The third kappa shape index (κ3) is 6.43. The van der Waals surface area contributed by atoms with Gasteiger partial charge in [-0.15, -0.1) is 0 Å². The van der Waals surface area contributed by atoms with Crippen molar-refractivity contribution in [1.82, 2.24) is 5.32 Å². The zero-order valence-corrected chi connectivity index (χ0v) is 18.5. The summed E-state index contributed by atoms with van der Waals surface area (Å²) in [4.78, 5) is 25.2. The highest BCUT2D eigenvalue weighted by molar-refractivity contribution is 6.06. The third-order valence-corrected chi connectivity index (χ3v) is 5.54. The molecule has 6 nitrogen and oxygen atoms in total. The van der Waals surface area contributed by atoms with Gasteiger partial charge in [-0.3, -0.25) is 9.59 Å². The molecule has 6 heteroatoms. The lowest BCUT2D eigenvalue weighted by atomic mass is 10.1. The Morgan fingerprint density at radius 1 is 0.909 bits per heavy atom. The van der Waals surface area contributed by atoms with Crippen LogP contribution in [0.2, 0.25) is 0 Å². The van der Waals surface area contributed by atoms with E-state index in [1.807, 2.05) is 24.3 Å². The number of benzene rings is 3. The van der Waals surface area contributed by atoms with Gasteiger partial charge in [-0.1, -0.05) is 42.5 Å². The molecule has 3 aromatic carbocycles. The molecule has 170 valence electrons. The minimum atomic E-state index is -0.263. The van der Waals surface area contributed by atoms with Gasteiger partial charge >= 0.3 is 0 Å². The zero-order valence-electron chi connectivity index (χ0n) is 18.5. The van der Waals surface area contributed by atoms with Crippen LogP contribution in [0.1, 0.15) is 39.1 Å². The Kier molecular flexibility index (Phi) is 7.72. The lowest BCUT2D eigenvalue weighted by Crippen LogP contribution is -2.31. The van der Waals surface area contributed by atoms with E-state index in [0.29, 0.717) is 35.7 Å². The number of ether oxygens (including phenoxy) is 2. The number of carbonyl (C=O) groups is 2. The molecular weight excluding hydrogens is 416 g/mol. The summed E-state index contributed by atoms with van der Waals surface area (Å²) in [5, 5.41) is 5.78. The molecule has 33 heavy (non-hydrogen) atoms. The molecule has 1 aliphatic rings. The number of hydrogen-bond acceptors (Lipinski definition) is 4. The van der Waals surface area contributed by atoms with Crippen LogP contribution < -0.4 is 15.4 Å². The fraction of sp³-hybridized carbons (Fsp3) is 0.259. The Morgan fingerprint density at radius 2 is 1.67 bits per heavy atom. The first-order chi connectivity index (χ1) is 16.2. The second kappa shape index (κ2) is 11.3. The van der Waals surface area contributed by atoms with Crippen LogP contribution in [-0.4, -0.2) is 37.7 Å². The molecule has 4 rings (SSSR count). The van der Waals surface area contributed by atoms with E-state index in [-0.39, 0.29) is 17.9 Å². The molecule has 2 amide bonds. The molecule has 0 bridgehead atoms. The average Bonchev–Trinajstić information content (AvgIpc) is 3.38. The molecule has 1 unspecified atom stereocenters. The van der Waals surface area contributed by atoms with Crippen molar-refractivity contribution in [2.45, 2.75) is 25.4 Å². The lowest BCUT2D eigenvalue weighted by Gasteiger charge is -2.13. The van der Waals surface area contributed by atoms with Crippen LogP contribution in [0.4, 0.5) is 5.69 Å². The summed E-state index contributed by atoms with van der Waals surface area (Å²) in [7, 11) is 0. The van der Waals surface area contributed by atoms with Gasteiger partial charge in [0, 0.05) is 30.8 Å². The van der Waals surface area contributed by atoms with Crippen molar-refractivity contribution in [3.63, 3.8) is 0 Å². The predicted octanol–water partition coefficient (Wildman–Crippen LogP) is 4.47. The largest absolute Gasteiger partial charge is 0.492 e. The topological polar surface area (TPSA) is 76.7 Å². The normalized spacial score (nSPS) is 15.1. The molecular formula is C27H28N2O4.